The Balaban J connectivity index is 2.38. The Morgan fingerprint density at radius 3 is 2.50 bits per heavy atom. The van der Waals surface area contributed by atoms with E-state index >= 15 is 0 Å². The lowest BCUT2D eigenvalue weighted by atomic mass is 10.2. The molecule has 0 aliphatic heterocycles. The average Bonchev–Trinajstić information content (AvgIpc) is 2.58. The molecule has 1 aromatic heterocycles. The van der Waals surface area contributed by atoms with Gasteiger partial charge >= 0.3 is 0 Å². The normalized spacial score (nSPS) is 11.6. The minimum atomic E-state index is -0.221. The second-order valence-corrected chi connectivity index (χ2v) is 4.76. The van der Waals surface area contributed by atoms with Gasteiger partial charge in [0.15, 0.2) is 5.82 Å². The van der Waals surface area contributed by atoms with Crippen molar-refractivity contribution in [2.24, 2.45) is 5.10 Å². The first-order valence-corrected chi connectivity index (χ1v) is 6.87. The predicted octanol–water partition coefficient (Wildman–Crippen LogP) is 2.89. The molecule has 0 aliphatic carbocycles. The number of benzene rings is 2. The van der Waals surface area contributed by atoms with Crippen LogP contribution >= 0.6 is 0 Å². The summed E-state index contributed by atoms with van der Waals surface area (Å²) in [5.41, 5.74) is 1.24. The van der Waals surface area contributed by atoms with Gasteiger partial charge in [-0.1, -0.05) is 42.5 Å². The first-order valence-electron chi connectivity index (χ1n) is 6.87. The maximum Gasteiger partial charge on any atom is 0.282 e. The molecule has 110 valence electrons. The predicted molar refractivity (Wildman–Crippen MR) is 87.0 cm³/mol. The number of aromatic nitrogens is 2. The van der Waals surface area contributed by atoms with Gasteiger partial charge in [-0.05, 0) is 12.1 Å². The zero-order valence-corrected chi connectivity index (χ0v) is 12.4. The van der Waals surface area contributed by atoms with E-state index in [2.05, 4.69) is 10.1 Å². The molecule has 22 heavy (non-hydrogen) atoms. The summed E-state index contributed by atoms with van der Waals surface area (Å²) in [6, 6.07) is 16.7. The second-order valence-electron chi connectivity index (χ2n) is 4.76. The Bertz CT molecular complexity index is 899. The van der Waals surface area contributed by atoms with Crippen LogP contribution in [0.1, 0.15) is 6.92 Å². The van der Waals surface area contributed by atoms with Crippen molar-refractivity contribution in [2.45, 2.75) is 6.92 Å². The maximum absolute atomic E-state index is 12.7. The van der Waals surface area contributed by atoms with Gasteiger partial charge < -0.3 is 4.74 Å². The van der Waals surface area contributed by atoms with Crippen LogP contribution in [0.2, 0.25) is 0 Å². The summed E-state index contributed by atoms with van der Waals surface area (Å²) >= 11 is 0. The van der Waals surface area contributed by atoms with Crippen molar-refractivity contribution < 1.29 is 4.74 Å². The van der Waals surface area contributed by atoms with Crippen molar-refractivity contribution in [1.29, 1.82) is 0 Å². The summed E-state index contributed by atoms with van der Waals surface area (Å²) in [6.45, 7) is 1.69. The molecule has 0 amide bonds. The molecule has 0 atom stereocenters. The molecule has 1 heterocycles. The molecule has 0 aliphatic rings. The van der Waals surface area contributed by atoms with Gasteiger partial charge in [0.05, 0.1) is 18.0 Å². The van der Waals surface area contributed by atoms with E-state index in [0.717, 1.165) is 5.56 Å². The van der Waals surface area contributed by atoms with Crippen molar-refractivity contribution in [2.75, 3.05) is 7.11 Å². The average molecular weight is 293 g/mol. The Labute approximate surface area is 127 Å². The minimum Gasteiger partial charge on any atom is -0.483 e. The number of fused-ring (bicyclic) bond motifs is 1. The highest BCUT2D eigenvalue weighted by Crippen LogP contribution is 2.18. The molecular formula is C17H15N3O2. The number of hydrogen-bond acceptors (Lipinski definition) is 4. The zero-order valence-electron chi connectivity index (χ0n) is 12.4. The van der Waals surface area contributed by atoms with Crippen LogP contribution in [0, 0.1) is 0 Å². The van der Waals surface area contributed by atoms with Gasteiger partial charge in [-0.15, -0.1) is 5.10 Å². The smallest absolute Gasteiger partial charge is 0.282 e. The monoisotopic (exact) mass is 293 g/mol. The highest BCUT2D eigenvalue weighted by atomic mass is 16.5. The molecule has 0 bridgehead atoms. The van der Waals surface area contributed by atoms with Gasteiger partial charge in [0.1, 0.15) is 0 Å². The maximum atomic E-state index is 12.7. The first kappa shape index (κ1) is 14.0. The summed E-state index contributed by atoms with van der Waals surface area (Å²) < 4.78 is 6.36. The molecule has 0 saturated heterocycles. The first-order chi connectivity index (χ1) is 10.7. The quantitative estimate of drug-likeness (QED) is 0.539. The summed E-state index contributed by atoms with van der Waals surface area (Å²) in [4.78, 5) is 17.3. The number of ether oxygens (including phenoxy) is 1. The van der Waals surface area contributed by atoms with Crippen LogP contribution in [0.4, 0.5) is 0 Å². The highest BCUT2D eigenvalue weighted by molar-refractivity contribution is 5.80. The van der Waals surface area contributed by atoms with Gasteiger partial charge in [-0.2, -0.15) is 4.68 Å². The fourth-order valence-corrected chi connectivity index (χ4v) is 2.17. The summed E-state index contributed by atoms with van der Waals surface area (Å²) in [5, 5.41) is 4.76. The van der Waals surface area contributed by atoms with Crippen molar-refractivity contribution in [3.8, 4) is 11.4 Å². The number of hydrogen-bond donors (Lipinski definition) is 0. The lowest BCUT2D eigenvalue weighted by Crippen LogP contribution is -2.21. The van der Waals surface area contributed by atoms with Gasteiger partial charge in [0, 0.05) is 12.5 Å². The van der Waals surface area contributed by atoms with Gasteiger partial charge in [-0.3, -0.25) is 4.79 Å². The largest absolute Gasteiger partial charge is 0.483 e. The molecule has 5 nitrogen and oxygen atoms in total. The summed E-state index contributed by atoms with van der Waals surface area (Å²) in [6.07, 6.45) is 0. The molecule has 5 heteroatoms. The molecular weight excluding hydrogens is 278 g/mol. The molecule has 0 saturated carbocycles. The van der Waals surface area contributed by atoms with Crippen LogP contribution in [0.5, 0.6) is 0 Å². The van der Waals surface area contributed by atoms with Crippen LogP contribution in [0.3, 0.4) is 0 Å². The Morgan fingerprint density at radius 1 is 1.09 bits per heavy atom. The van der Waals surface area contributed by atoms with Crippen molar-refractivity contribution >= 4 is 16.8 Å². The SMILES string of the molecule is CO/C(C)=N/n1c(-c2ccccc2)nc2ccccc2c1=O. The summed E-state index contributed by atoms with van der Waals surface area (Å²) in [5.74, 6) is 0.872. The number of nitrogens with zero attached hydrogens (tertiary/aromatic N) is 3. The molecule has 2 aromatic carbocycles. The lowest BCUT2D eigenvalue weighted by Gasteiger charge is -2.10. The molecule has 0 fully saturated rings. The van der Waals surface area contributed by atoms with E-state index in [1.807, 2.05) is 48.5 Å². The van der Waals surface area contributed by atoms with Crippen LogP contribution < -0.4 is 5.56 Å². The van der Waals surface area contributed by atoms with Crippen molar-refractivity contribution in [1.82, 2.24) is 9.66 Å². The second kappa shape index (κ2) is 5.81. The molecule has 0 radical (unpaired) electrons. The lowest BCUT2D eigenvalue weighted by molar-refractivity contribution is 0.394. The zero-order chi connectivity index (χ0) is 15.5. The fraction of sp³-hybridized carbons (Fsp3) is 0.118. The topological polar surface area (TPSA) is 56.5 Å². The van der Waals surface area contributed by atoms with Gasteiger partial charge in [0.25, 0.3) is 5.56 Å². The van der Waals surface area contributed by atoms with Crippen LogP contribution in [-0.2, 0) is 4.74 Å². The van der Waals surface area contributed by atoms with E-state index in [1.165, 1.54) is 11.8 Å². The molecule has 0 N–H and O–H groups in total. The fourth-order valence-electron chi connectivity index (χ4n) is 2.17. The molecule has 3 rings (SSSR count). The van der Waals surface area contributed by atoms with E-state index in [4.69, 9.17) is 4.74 Å². The van der Waals surface area contributed by atoms with Crippen LogP contribution in [0.15, 0.2) is 64.5 Å². The third kappa shape index (κ3) is 2.48. The van der Waals surface area contributed by atoms with Crippen molar-refractivity contribution in [3.05, 3.63) is 65.0 Å². The van der Waals surface area contributed by atoms with Gasteiger partial charge in [-0.25, -0.2) is 4.98 Å². The Morgan fingerprint density at radius 2 is 1.77 bits per heavy atom. The number of para-hydroxylation sites is 1. The van der Waals surface area contributed by atoms with E-state index in [-0.39, 0.29) is 5.56 Å². The molecule has 0 unspecified atom stereocenters. The van der Waals surface area contributed by atoms with Crippen molar-refractivity contribution in [3.63, 3.8) is 0 Å². The Hall–Kier alpha value is -2.95. The minimum absolute atomic E-state index is 0.221. The molecule has 3 aromatic rings. The number of methoxy groups -OCH3 is 1. The van der Waals surface area contributed by atoms with E-state index in [9.17, 15) is 4.79 Å². The van der Waals surface area contributed by atoms with E-state index in [0.29, 0.717) is 22.6 Å². The highest BCUT2D eigenvalue weighted by Gasteiger charge is 2.12. The van der Waals surface area contributed by atoms with Gasteiger partial charge in [0.2, 0.25) is 5.90 Å². The third-order valence-corrected chi connectivity index (χ3v) is 3.32. The standard InChI is InChI=1S/C17H15N3O2/c1-12(22-2)19-20-16(13-8-4-3-5-9-13)18-15-11-7-6-10-14(15)17(20)21/h3-11H,1-2H3/b19-12+. The number of rotatable bonds is 2. The Kier molecular flexibility index (Phi) is 3.70. The molecule has 0 spiro atoms. The van der Waals surface area contributed by atoms with Crippen LogP contribution in [-0.4, -0.2) is 22.7 Å². The van der Waals surface area contributed by atoms with E-state index < -0.39 is 0 Å². The summed E-state index contributed by atoms with van der Waals surface area (Å²) in [7, 11) is 1.51. The van der Waals surface area contributed by atoms with E-state index in [1.54, 1.807) is 13.0 Å². The third-order valence-electron chi connectivity index (χ3n) is 3.32. The van der Waals surface area contributed by atoms with Crippen LogP contribution in [0.25, 0.3) is 22.3 Å².